The monoisotopic (exact) mass is 277 g/mol. The highest BCUT2D eigenvalue weighted by Crippen LogP contribution is 2.19. The molecule has 1 N–H and O–H groups in total. The second-order valence-electron chi connectivity index (χ2n) is 4.90. The second kappa shape index (κ2) is 4.62. The molecule has 3 heterocycles. The van der Waals surface area contributed by atoms with Crippen molar-refractivity contribution < 1.29 is 14.1 Å². The van der Waals surface area contributed by atoms with Crippen molar-refractivity contribution in [2.24, 2.45) is 5.10 Å². The van der Waals surface area contributed by atoms with Gasteiger partial charge in [-0.25, -0.2) is 4.79 Å². The maximum atomic E-state index is 11.6. The van der Waals surface area contributed by atoms with Crippen LogP contribution in [0.2, 0.25) is 0 Å². The van der Waals surface area contributed by atoms with E-state index in [9.17, 15) is 9.59 Å². The van der Waals surface area contributed by atoms with Gasteiger partial charge in [0.05, 0.1) is 31.4 Å². The summed E-state index contributed by atoms with van der Waals surface area (Å²) in [7, 11) is 0. The van der Waals surface area contributed by atoms with Gasteiger partial charge in [-0.15, -0.1) is 0 Å². The first-order valence-corrected chi connectivity index (χ1v) is 6.37. The van der Waals surface area contributed by atoms with E-state index in [1.165, 1.54) is 4.90 Å². The molecule has 20 heavy (non-hydrogen) atoms. The highest BCUT2D eigenvalue weighted by atomic mass is 16.5. The summed E-state index contributed by atoms with van der Waals surface area (Å²) in [5, 5.41) is 12.5. The Labute approximate surface area is 115 Å². The molecular formula is C12H15N5O3. The van der Waals surface area contributed by atoms with Crippen LogP contribution in [0.3, 0.4) is 0 Å². The molecule has 1 saturated heterocycles. The Bertz CT molecular complexity index is 558. The fraction of sp³-hybridized carbons (Fsp3) is 0.500. The summed E-state index contributed by atoms with van der Waals surface area (Å²) >= 11 is 0. The van der Waals surface area contributed by atoms with E-state index in [2.05, 4.69) is 15.6 Å². The van der Waals surface area contributed by atoms with Crippen molar-refractivity contribution in [2.75, 3.05) is 13.1 Å². The maximum absolute atomic E-state index is 11.6. The van der Waals surface area contributed by atoms with Crippen LogP contribution in [0.5, 0.6) is 0 Å². The minimum Gasteiger partial charge on any atom is -0.361 e. The van der Waals surface area contributed by atoms with Crippen molar-refractivity contribution in [3.8, 4) is 0 Å². The number of carbonyl (C=O) groups is 2. The van der Waals surface area contributed by atoms with E-state index in [1.54, 1.807) is 11.2 Å². The van der Waals surface area contributed by atoms with Crippen LogP contribution < -0.4 is 5.32 Å². The van der Waals surface area contributed by atoms with Crippen LogP contribution in [0.25, 0.3) is 0 Å². The van der Waals surface area contributed by atoms with Crippen molar-refractivity contribution in [2.45, 2.75) is 26.4 Å². The molecule has 1 unspecified atom stereocenters. The number of aryl methyl sites for hydroxylation is 2. The lowest BCUT2D eigenvalue weighted by Gasteiger charge is -2.20. The van der Waals surface area contributed by atoms with Crippen molar-refractivity contribution >= 4 is 18.2 Å². The number of nitrogens with zero attached hydrogens (tertiary/aromatic N) is 4. The third kappa shape index (κ3) is 2.02. The van der Waals surface area contributed by atoms with Crippen LogP contribution in [0.4, 0.5) is 4.79 Å². The molecule has 1 atom stereocenters. The minimum atomic E-state index is -0.356. The van der Waals surface area contributed by atoms with E-state index in [0.29, 0.717) is 13.1 Å². The SMILES string of the molecule is Cc1noc(C)c1CN1CC(N2C(=O)CNC2=O)C=N1. The van der Waals surface area contributed by atoms with Gasteiger partial charge in [-0.1, -0.05) is 5.16 Å². The minimum absolute atomic E-state index is 0.0625. The Kier molecular flexibility index (Phi) is 2.92. The van der Waals surface area contributed by atoms with E-state index < -0.39 is 0 Å². The first-order valence-electron chi connectivity index (χ1n) is 6.37. The molecule has 0 spiro atoms. The standard InChI is InChI=1S/C12H15N5O3/c1-7-10(8(2)20-15-7)6-16-5-9(3-14-16)17-11(18)4-13-12(17)19/h3,9H,4-6H2,1-2H3,(H,13,19). The number of hydrogen-bond donors (Lipinski definition) is 1. The molecule has 1 aromatic rings. The zero-order valence-electron chi connectivity index (χ0n) is 11.3. The third-order valence-electron chi connectivity index (χ3n) is 3.53. The van der Waals surface area contributed by atoms with Gasteiger partial charge in [-0.3, -0.25) is 14.7 Å². The summed E-state index contributed by atoms with van der Waals surface area (Å²) in [6.45, 7) is 4.83. The topological polar surface area (TPSA) is 91.0 Å². The Morgan fingerprint density at radius 2 is 2.25 bits per heavy atom. The van der Waals surface area contributed by atoms with Crippen LogP contribution >= 0.6 is 0 Å². The summed E-state index contributed by atoms with van der Waals surface area (Å²) < 4.78 is 5.11. The number of carbonyl (C=O) groups excluding carboxylic acids is 2. The van der Waals surface area contributed by atoms with Gasteiger partial charge in [-0.2, -0.15) is 5.10 Å². The molecule has 1 aromatic heterocycles. The van der Waals surface area contributed by atoms with Gasteiger partial charge in [-0.05, 0) is 13.8 Å². The van der Waals surface area contributed by atoms with Crippen molar-refractivity contribution in [1.82, 2.24) is 20.4 Å². The normalized spacial score (nSPS) is 22.0. The van der Waals surface area contributed by atoms with Gasteiger partial charge in [0.1, 0.15) is 5.76 Å². The molecule has 1 fully saturated rings. The predicted octanol–water partition coefficient (Wildman–Crippen LogP) is 0.0132. The van der Waals surface area contributed by atoms with Crippen molar-refractivity contribution in [1.29, 1.82) is 0 Å². The molecule has 0 aromatic carbocycles. The Morgan fingerprint density at radius 3 is 2.85 bits per heavy atom. The quantitative estimate of drug-likeness (QED) is 0.786. The Balaban J connectivity index is 1.68. The van der Waals surface area contributed by atoms with Crippen molar-refractivity contribution in [3.63, 3.8) is 0 Å². The lowest BCUT2D eigenvalue weighted by Crippen LogP contribution is -2.43. The van der Waals surface area contributed by atoms with Crippen LogP contribution in [0, 0.1) is 13.8 Å². The first-order chi connectivity index (χ1) is 9.56. The fourth-order valence-corrected chi connectivity index (χ4v) is 2.42. The molecule has 106 valence electrons. The molecule has 3 amide bonds. The average Bonchev–Trinajstić information content (AvgIpc) is 3.07. The van der Waals surface area contributed by atoms with Gasteiger partial charge in [0.2, 0.25) is 0 Å². The van der Waals surface area contributed by atoms with Crippen LogP contribution in [-0.2, 0) is 11.3 Å². The first kappa shape index (κ1) is 12.6. The molecule has 0 bridgehead atoms. The summed E-state index contributed by atoms with van der Waals surface area (Å²) in [5.74, 6) is 0.543. The molecule has 2 aliphatic rings. The van der Waals surface area contributed by atoms with Gasteiger partial charge in [0, 0.05) is 11.8 Å². The lowest BCUT2D eigenvalue weighted by molar-refractivity contribution is -0.125. The third-order valence-corrected chi connectivity index (χ3v) is 3.53. The summed E-state index contributed by atoms with van der Waals surface area (Å²) in [6.07, 6.45) is 1.63. The average molecular weight is 277 g/mol. The fourth-order valence-electron chi connectivity index (χ4n) is 2.42. The molecule has 3 rings (SSSR count). The molecule has 0 radical (unpaired) electrons. The highest BCUT2D eigenvalue weighted by Gasteiger charge is 2.37. The van der Waals surface area contributed by atoms with E-state index in [1.807, 2.05) is 13.8 Å². The van der Waals surface area contributed by atoms with Crippen LogP contribution in [0.15, 0.2) is 9.62 Å². The summed E-state index contributed by atoms with van der Waals surface area (Å²) in [5.41, 5.74) is 1.82. The molecule has 8 nitrogen and oxygen atoms in total. The number of rotatable bonds is 3. The second-order valence-corrected chi connectivity index (χ2v) is 4.90. The van der Waals surface area contributed by atoms with Gasteiger partial charge in [0.25, 0.3) is 5.91 Å². The van der Waals surface area contributed by atoms with Gasteiger partial charge < -0.3 is 9.84 Å². The largest absolute Gasteiger partial charge is 0.361 e. The Hall–Kier alpha value is -2.38. The van der Waals surface area contributed by atoms with Gasteiger partial charge in [0.15, 0.2) is 0 Å². The highest BCUT2D eigenvalue weighted by molar-refractivity contribution is 6.04. The number of aromatic nitrogens is 1. The smallest absolute Gasteiger partial charge is 0.325 e. The van der Waals surface area contributed by atoms with Crippen LogP contribution in [-0.4, -0.2) is 52.3 Å². The number of imide groups is 1. The van der Waals surface area contributed by atoms with Gasteiger partial charge >= 0.3 is 6.03 Å². The number of amides is 3. The molecule has 0 saturated carbocycles. The Morgan fingerprint density at radius 1 is 1.45 bits per heavy atom. The van der Waals surface area contributed by atoms with E-state index in [0.717, 1.165) is 17.0 Å². The summed E-state index contributed by atoms with van der Waals surface area (Å²) in [4.78, 5) is 24.5. The molecular weight excluding hydrogens is 262 g/mol. The number of urea groups is 1. The molecule has 0 aliphatic carbocycles. The predicted molar refractivity (Wildman–Crippen MR) is 68.9 cm³/mol. The maximum Gasteiger partial charge on any atom is 0.325 e. The van der Waals surface area contributed by atoms with Crippen molar-refractivity contribution in [3.05, 3.63) is 17.0 Å². The molecule has 2 aliphatic heterocycles. The van der Waals surface area contributed by atoms with E-state index >= 15 is 0 Å². The number of hydrogen-bond acceptors (Lipinski definition) is 6. The summed E-state index contributed by atoms with van der Waals surface area (Å²) in [6, 6.07) is -0.670. The van der Waals surface area contributed by atoms with E-state index in [-0.39, 0.29) is 24.5 Å². The lowest BCUT2D eigenvalue weighted by atomic mass is 10.2. The number of hydrazone groups is 1. The van der Waals surface area contributed by atoms with E-state index in [4.69, 9.17) is 4.52 Å². The molecule has 8 heteroatoms. The van der Waals surface area contributed by atoms with Crippen LogP contribution in [0.1, 0.15) is 17.0 Å². The zero-order valence-corrected chi connectivity index (χ0v) is 11.3. The zero-order chi connectivity index (χ0) is 14.3. The number of nitrogens with one attached hydrogen (secondary N) is 1.